The van der Waals surface area contributed by atoms with Gasteiger partial charge in [-0.25, -0.2) is 12.8 Å². The fourth-order valence-corrected chi connectivity index (χ4v) is 5.73. The molecule has 0 bridgehead atoms. The Balaban J connectivity index is 1.57. The largest absolute Gasteiger partial charge is 0.381 e. The van der Waals surface area contributed by atoms with Gasteiger partial charge in [-0.1, -0.05) is 72.8 Å². The van der Waals surface area contributed by atoms with Gasteiger partial charge in [0.05, 0.1) is 0 Å². The van der Waals surface area contributed by atoms with E-state index in [9.17, 15) is 17.6 Å². The molecule has 1 saturated heterocycles. The van der Waals surface area contributed by atoms with Crippen molar-refractivity contribution in [1.29, 1.82) is 0 Å². The van der Waals surface area contributed by atoms with Crippen molar-refractivity contribution in [3.63, 3.8) is 0 Å². The Bertz CT molecular complexity index is 1230. The number of hydrogen-bond acceptors (Lipinski definition) is 4. The number of hydrogen-bond donors (Lipinski definition) is 2. The average molecular weight is 497 g/mol. The van der Waals surface area contributed by atoms with E-state index in [4.69, 9.17) is 4.74 Å². The molecule has 3 aromatic rings. The third-order valence-corrected chi connectivity index (χ3v) is 7.96. The number of halogens is 1. The first kappa shape index (κ1) is 25.0. The van der Waals surface area contributed by atoms with Crippen LogP contribution in [0.25, 0.3) is 0 Å². The summed E-state index contributed by atoms with van der Waals surface area (Å²) in [4.78, 5) is 12.9. The van der Waals surface area contributed by atoms with Crippen molar-refractivity contribution >= 4 is 15.9 Å². The lowest BCUT2D eigenvalue weighted by Gasteiger charge is -2.38. The van der Waals surface area contributed by atoms with Crippen molar-refractivity contribution in [3.05, 3.63) is 102 Å². The highest BCUT2D eigenvalue weighted by molar-refractivity contribution is 7.89. The molecule has 0 aromatic heterocycles. The monoisotopic (exact) mass is 496 g/mol. The second kappa shape index (κ2) is 11.1. The maximum absolute atomic E-state index is 14.3. The fraction of sp³-hybridized carbons (Fsp3) is 0.296. The number of benzene rings is 3. The van der Waals surface area contributed by atoms with Crippen LogP contribution in [0.15, 0.2) is 89.8 Å². The molecule has 3 aromatic carbocycles. The Labute approximate surface area is 205 Å². The van der Waals surface area contributed by atoms with Gasteiger partial charge in [0.25, 0.3) is 0 Å². The van der Waals surface area contributed by atoms with Gasteiger partial charge >= 0.3 is 0 Å². The molecule has 1 amide bonds. The predicted molar refractivity (Wildman–Crippen MR) is 132 cm³/mol. The second-order valence-corrected chi connectivity index (χ2v) is 10.5. The molecule has 0 radical (unpaired) electrons. The van der Waals surface area contributed by atoms with Crippen LogP contribution in [0.1, 0.15) is 24.0 Å². The van der Waals surface area contributed by atoms with Gasteiger partial charge in [-0.05, 0) is 42.5 Å². The molecular formula is C27H29FN2O4S. The quantitative estimate of drug-likeness (QED) is 0.474. The molecular weight excluding hydrogens is 467 g/mol. The van der Waals surface area contributed by atoms with Crippen LogP contribution in [0.3, 0.4) is 0 Å². The smallest absolute Gasteiger partial charge is 0.244 e. The van der Waals surface area contributed by atoms with E-state index in [0.717, 1.165) is 30.0 Å². The third kappa shape index (κ3) is 6.14. The number of carbonyl (C=O) groups is 1. The number of ether oxygens (including phenoxy) is 1. The van der Waals surface area contributed by atoms with Gasteiger partial charge in [0.15, 0.2) is 0 Å². The van der Waals surface area contributed by atoms with E-state index in [1.165, 1.54) is 18.2 Å². The van der Waals surface area contributed by atoms with Crippen molar-refractivity contribution in [1.82, 2.24) is 10.0 Å². The molecule has 0 aliphatic carbocycles. The lowest BCUT2D eigenvalue weighted by molar-refractivity contribution is -0.123. The lowest BCUT2D eigenvalue weighted by atomic mass is 9.74. The molecule has 4 rings (SSSR count). The van der Waals surface area contributed by atoms with E-state index in [-0.39, 0.29) is 11.8 Å². The molecule has 0 spiro atoms. The van der Waals surface area contributed by atoms with E-state index >= 15 is 0 Å². The Hall–Kier alpha value is -3.07. The van der Waals surface area contributed by atoms with Crippen molar-refractivity contribution in [2.24, 2.45) is 0 Å². The lowest BCUT2D eigenvalue weighted by Crippen LogP contribution is -2.52. The van der Waals surface area contributed by atoms with Crippen LogP contribution in [0.2, 0.25) is 0 Å². The summed E-state index contributed by atoms with van der Waals surface area (Å²) in [6, 6.07) is 23.1. The molecule has 0 saturated carbocycles. The van der Waals surface area contributed by atoms with Gasteiger partial charge in [0, 0.05) is 25.2 Å². The summed E-state index contributed by atoms with van der Waals surface area (Å²) in [5, 5.41) is 2.99. The van der Waals surface area contributed by atoms with Crippen LogP contribution in [-0.2, 0) is 31.4 Å². The molecule has 1 aliphatic heterocycles. The summed E-state index contributed by atoms with van der Waals surface area (Å²) in [6.45, 7) is 1.50. The number of rotatable bonds is 9. The Morgan fingerprint density at radius 3 is 2.17 bits per heavy atom. The molecule has 1 unspecified atom stereocenters. The van der Waals surface area contributed by atoms with Crippen LogP contribution in [0.4, 0.5) is 4.39 Å². The summed E-state index contributed by atoms with van der Waals surface area (Å²) < 4.78 is 48.3. The predicted octanol–water partition coefficient (Wildman–Crippen LogP) is 3.58. The fourth-order valence-electron chi connectivity index (χ4n) is 4.45. The second-order valence-electron chi connectivity index (χ2n) is 8.77. The summed E-state index contributed by atoms with van der Waals surface area (Å²) in [5.41, 5.74) is 1.58. The summed E-state index contributed by atoms with van der Waals surface area (Å²) in [7, 11) is -4.27. The van der Waals surface area contributed by atoms with Crippen molar-refractivity contribution in [2.75, 3.05) is 19.8 Å². The van der Waals surface area contributed by atoms with Gasteiger partial charge in [-0.2, -0.15) is 4.72 Å². The minimum Gasteiger partial charge on any atom is -0.381 e. The highest BCUT2D eigenvalue weighted by Gasteiger charge is 2.36. The summed E-state index contributed by atoms with van der Waals surface area (Å²) in [6.07, 6.45) is 1.60. The first-order valence-corrected chi connectivity index (χ1v) is 13.1. The Morgan fingerprint density at radius 1 is 0.914 bits per heavy atom. The van der Waals surface area contributed by atoms with Crippen LogP contribution in [0, 0.1) is 5.82 Å². The van der Waals surface area contributed by atoms with Crippen molar-refractivity contribution in [3.8, 4) is 0 Å². The van der Waals surface area contributed by atoms with E-state index < -0.39 is 32.7 Å². The topological polar surface area (TPSA) is 84.5 Å². The average Bonchev–Trinajstić information content (AvgIpc) is 2.88. The molecule has 35 heavy (non-hydrogen) atoms. The SMILES string of the molecule is O=C(NCC1(c2ccccc2)CCOCC1)C(Cc1ccccc1)NS(=O)(=O)c1ccccc1F. The highest BCUT2D eigenvalue weighted by atomic mass is 32.2. The van der Waals surface area contributed by atoms with Crippen molar-refractivity contribution in [2.45, 2.75) is 35.6 Å². The van der Waals surface area contributed by atoms with Crippen LogP contribution < -0.4 is 10.0 Å². The molecule has 1 aliphatic rings. The maximum Gasteiger partial charge on any atom is 0.244 e. The van der Waals surface area contributed by atoms with Gasteiger partial charge in [0.1, 0.15) is 16.8 Å². The number of sulfonamides is 1. The molecule has 8 heteroatoms. The van der Waals surface area contributed by atoms with Gasteiger partial charge in [-0.15, -0.1) is 0 Å². The standard InChI is InChI=1S/C27H29FN2O4S/c28-23-13-7-8-14-25(23)35(32,33)30-24(19-21-9-3-1-4-10-21)26(31)29-20-27(15-17-34-18-16-27)22-11-5-2-6-12-22/h1-14,24,30H,15-20H2,(H,29,31). The van der Waals surface area contributed by atoms with E-state index in [2.05, 4.69) is 10.0 Å². The molecule has 6 nitrogen and oxygen atoms in total. The normalized spacial score (nSPS) is 16.4. The molecule has 184 valence electrons. The minimum absolute atomic E-state index is 0.127. The van der Waals surface area contributed by atoms with Gasteiger partial charge in [0.2, 0.25) is 15.9 Å². The first-order valence-electron chi connectivity index (χ1n) is 11.6. The van der Waals surface area contributed by atoms with E-state index in [0.29, 0.717) is 19.8 Å². The summed E-state index contributed by atoms with van der Waals surface area (Å²) >= 11 is 0. The Morgan fingerprint density at radius 2 is 1.51 bits per heavy atom. The van der Waals surface area contributed by atoms with Crippen LogP contribution >= 0.6 is 0 Å². The molecule has 1 heterocycles. The zero-order valence-electron chi connectivity index (χ0n) is 19.3. The van der Waals surface area contributed by atoms with Crippen LogP contribution in [-0.4, -0.2) is 40.1 Å². The van der Waals surface area contributed by atoms with Gasteiger partial charge < -0.3 is 10.1 Å². The van der Waals surface area contributed by atoms with E-state index in [1.54, 1.807) is 0 Å². The van der Waals surface area contributed by atoms with Crippen LogP contribution in [0.5, 0.6) is 0 Å². The number of nitrogens with one attached hydrogen (secondary N) is 2. The number of amides is 1. The maximum atomic E-state index is 14.3. The highest BCUT2D eigenvalue weighted by Crippen LogP contribution is 2.34. The molecule has 2 N–H and O–H groups in total. The zero-order valence-corrected chi connectivity index (χ0v) is 20.1. The number of carbonyl (C=O) groups excluding carboxylic acids is 1. The summed E-state index contributed by atoms with van der Waals surface area (Å²) in [5.74, 6) is -1.33. The first-order chi connectivity index (χ1) is 16.9. The Kier molecular flexibility index (Phi) is 7.95. The third-order valence-electron chi connectivity index (χ3n) is 6.46. The van der Waals surface area contributed by atoms with Crippen molar-refractivity contribution < 1.29 is 22.3 Å². The minimum atomic E-state index is -4.27. The zero-order chi connectivity index (χ0) is 24.7. The molecule has 1 fully saturated rings. The van der Waals surface area contributed by atoms with E-state index in [1.807, 2.05) is 60.7 Å². The molecule has 1 atom stereocenters. The van der Waals surface area contributed by atoms with Gasteiger partial charge in [-0.3, -0.25) is 4.79 Å².